The first kappa shape index (κ1) is 20.8. The number of nitrogens with zero attached hydrogens (tertiary/aromatic N) is 1. The molecule has 0 saturated heterocycles. The highest BCUT2D eigenvalue weighted by molar-refractivity contribution is 6.19. The Morgan fingerprint density at radius 2 is 1.62 bits per heavy atom. The third kappa shape index (κ3) is 2.84. The number of allylic oxidation sites excluding steroid dienone is 1. The number of pyridine rings is 1. The number of hydrogen-bond donors (Lipinski definition) is 0. The van der Waals surface area contributed by atoms with Gasteiger partial charge in [-0.25, -0.2) is 0 Å². The zero-order valence-electron chi connectivity index (χ0n) is 20.5. The van der Waals surface area contributed by atoms with Crippen molar-refractivity contribution in [3.05, 3.63) is 75.5 Å². The average molecular weight is 420 g/mol. The van der Waals surface area contributed by atoms with Crippen LogP contribution in [0.1, 0.15) is 55.5 Å². The fraction of sp³-hybridized carbons (Fsp3) is 0.290. The Balaban J connectivity index is 2.20. The molecule has 0 amide bonds. The molecule has 0 aliphatic rings. The summed E-state index contributed by atoms with van der Waals surface area (Å²) >= 11 is 0. The Morgan fingerprint density at radius 1 is 0.906 bits per heavy atom. The maximum atomic E-state index is 4.73. The van der Waals surface area contributed by atoms with Gasteiger partial charge in [-0.05, 0) is 84.7 Å². The molecule has 2 heterocycles. The zero-order valence-corrected chi connectivity index (χ0v) is 20.5. The average Bonchev–Trinajstić information content (AvgIpc) is 3.03. The van der Waals surface area contributed by atoms with Gasteiger partial charge in [-0.2, -0.15) is 0 Å². The molecule has 0 spiro atoms. The van der Waals surface area contributed by atoms with E-state index < -0.39 is 0 Å². The minimum atomic E-state index is 0.200. The Hall–Kier alpha value is -3.06. The van der Waals surface area contributed by atoms with Gasteiger partial charge in [0.15, 0.2) is 0 Å². The summed E-state index contributed by atoms with van der Waals surface area (Å²) in [5.74, 6) is 0. The minimum Gasteiger partial charge on any atom is -0.308 e. The number of fused-ring (bicyclic) bond motifs is 5. The van der Waals surface area contributed by atoms with E-state index in [1.807, 2.05) is 0 Å². The number of benzene rings is 3. The van der Waals surface area contributed by atoms with Gasteiger partial charge in [-0.3, -0.25) is 0 Å². The summed E-state index contributed by atoms with van der Waals surface area (Å²) in [5, 5.41) is 6.43. The number of hydrogen-bond acceptors (Lipinski definition) is 0. The Labute approximate surface area is 191 Å². The molecule has 0 saturated carbocycles. The van der Waals surface area contributed by atoms with Crippen LogP contribution in [0.25, 0.3) is 50.7 Å². The molecule has 0 aliphatic heterocycles. The first-order valence-electron chi connectivity index (χ1n) is 11.7. The topological polar surface area (TPSA) is 4.41 Å². The molecule has 1 heteroatoms. The van der Waals surface area contributed by atoms with E-state index in [9.17, 15) is 0 Å². The van der Waals surface area contributed by atoms with Crippen molar-refractivity contribution < 1.29 is 0 Å². The molecule has 162 valence electrons. The second-order valence-corrected chi connectivity index (χ2v) is 10.6. The number of aryl methyl sites for hydroxylation is 3. The van der Waals surface area contributed by atoms with Crippen LogP contribution in [0.3, 0.4) is 0 Å². The molecule has 5 rings (SSSR count). The van der Waals surface area contributed by atoms with E-state index in [1.165, 1.54) is 65.9 Å². The third-order valence-electron chi connectivity index (χ3n) is 6.98. The molecular weight excluding hydrogens is 386 g/mol. The molecule has 5 aromatic rings. The second kappa shape index (κ2) is 6.97. The molecule has 0 N–H and O–H groups in total. The van der Waals surface area contributed by atoms with Crippen molar-refractivity contribution in [3.8, 4) is 0 Å². The van der Waals surface area contributed by atoms with Gasteiger partial charge >= 0.3 is 0 Å². The monoisotopic (exact) mass is 419 g/mol. The summed E-state index contributed by atoms with van der Waals surface area (Å²) in [6.45, 7) is 20.5. The molecular formula is C31H33N. The normalized spacial score (nSPS) is 13.0. The maximum absolute atomic E-state index is 4.73. The predicted molar refractivity (Wildman–Crippen MR) is 143 cm³/mol. The lowest BCUT2D eigenvalue weighted by molar-refractivity contribution is 0.411. The number of rotatable bonds is 2. The van der Waals surface area contributed by atoms with E-state index >= 15 is 0 Å². The quantitative estimate of drug-likeness (QED) is 0.255. The molecule has 0 fully saturated rings. The fourth-order valence-corrected chi connectivity index (χ4v) is 5.67. The molecule has 2 aromatic heterocycles. The van der Waals surface area contributed by atoms with Crippen molar-refractivity contribution in [2.75, 3.05) is 0 Å². The smallest absolute Gasteiger partial charge is 0.0626 e. The van der Waals surface area contributed by atoms with E-state index in [1.54, 1.807) is 0 Å². The highest BCUT2D eigenvalue weighted by atomic mass is 14.9. The first-order chi connectivity index (χ1) is 15.1. The number of para-hydroxylation sites is 1. The van der Waals surface area contributed by atoms with E-state index in [0.717, 1.165) is 11.6 Å². The van der Waals surface area contributed by atoms with E-state index in [-0.39, 0.29) is 5.41 Å². The Kier molecular flexibility index (Phi) is 4.53. The van der Waals surface area contributed by atoms with Crippen LogP contribution in [0.4, 0.5) is 0 Å². The van der Waals surface area contributed by atoms with Crippen LogP contribution < -0.4 is 5.22 Å². The van der Waals surface area contributed by atoms with E-state index in [0.29, 0.717) is 0 Å². The molecule has 0 unspecified atom stereocenters. The molecule has 0 aliphatic carbocycles. The predicted octanol–water partition coefficient (Wildman–Crippen LogP) is 8.08. The minimum absolute atomic E-state index is 0.200. The van der Waals surface area contributed by atoms with Gasteiger partial charge in [0.2, 0.25) is 0 Å². The number of aromatic nitrogens is 1. The van der Waals surface area contributed by atoms with Crippen LogP contribution in [-0.4, -0.2) is 4.40 Å². The molecule has 1 nitrogen and oxygen atoms in total. The summed E-state index contributed by atoms with van der Waals surface area (Å²) in [7, 11) is 0. The molecule has 3 aromatic carbocycles. The summed E-state index contributed by atoms with van der Waals surface area (Å²) in [5.41, 5.74) is 10.8. The largest absolute Gasteiger partial charge is 0.308 e. The van der Waals surface area contributed by atoms with Gasteiger partial charge in [0, 0.05) is 21.5 Å². The van der Waals surface area contributed by atoms with Crippen LogP contribution in [0.2, 0.25) is 0 Å². The van der Waals surface area contributed by atoms with Gasteiger partial charge in [-0.1, -0.05) is 63.8 Å². The van der Waals surface area contributed by atoms with Crippen molar-refractivity contribution in [1.82, 2.24) is 4.40 Å². The van der Waals surface area contributed by atoms with E-state index in [4.69, 9.17) is 6.58 Å². The summed E-state index contributed by atoms with van der Waals surface area (Å²) in [4.78, 5) is 0. The highest BCUT2D eigenvalue weighted by Gasteiger charge is 2.23. The lowest BCUT2D eigenvalue weighted by Crippen LogP contribution is -2.14. The van der Waals surface area contributed by atoms with Crippen molar-refractivity contribution in [2.24, 2.45) is 5.41 Å². The van der Waals surface area contributed by atoms with E-state index in [2.05, 4.69) is 101 Å². The van der Waals surface area contributed by atoms with Crippen LogP contribution >= 0.6 is 0 Å². The molecule has 0 bridgehead atoms. The lowest BCUT2D eigenvalue weighted by atomic mass is 9.83. The highest BCUT2D eigenvalue weighted by Crippen LogP contribution is 2.40. The first-order valence-corrected chi connectivity index (χ1v) is 11.7. The SMILES string of the molecule is C=c1c2c(C)c(C)cc(C)c2n2c3ccccc3c3cc(CC(C)(C)C)c(/C=C\C)c1c32. The Bertz CT molecular complexity index is 1620. The summed E-state index contributed by atoms with van der Waals surface area (Å²) < 4.78 is 2.51. The van der Waals surface area contributed by atoms with Crippen molar-refractivity contribution in [1.29, 1.82) is 0 Å². The Morgan fingerprint density at radius 3 is 2.31 bits per heavy atom. The van der Waals surface area contributed by atoms with Crippen molar-refractivity contribution >= 4 is 50.7 Å². The molecule has 0 atom stereocenters. The standard InChI is InChI=1S/C31H33N/c1-9-12-23-22(17-31(6,7)8)16-25-24-13-10-11-14-26(24)32-29-19(3)15-18(2)20(4)27(29)21(5)28(23)30(25)32/h9-16H,5,17H2,1-4,6-8H3/b12-9-. The zero-order chi connectivity index (χ0) is 22.9. The maximum Gasteiger partial charge on any atom is 0.0626 e. The van der Waals surface area contributed by atoms with Crippen LogP contribution in [0, 0.1) is 26.2 Å². The lowest BCUT2D eigenvalue weighted by Gasteiger charge is -2.22. The summed E-state index contributed by atoms with van der Waals surface area (Å²) in [6.07, 6.45) is 5.50. The second-order valence-electron chi connectivity index (χ2n) is 10.6. The fourth-order valence-electron chi connectivity index (χ4n) is 5.67. The van der Waals surface area contributed by atoms with Gasteiger partial charge in [0.1, 0.15) is 0 Å². The van der Waals surface area contributed by atoms with Gasteiger partial charge in [-0.15, -0.1) is 0 Å². The molecule has 0 radical (unpaired) electrons. The third-order valence-corrected chi connectivity index (χ3v) is 6.98. The van der Waals surface area contributed by atoms with Crippen LogP contribution in [0.5, 0.6) is 0 Å². The van der Waals surface area contributed by atoms with Crippen LogP contribution in [0.15, 0.2) is 42.5 Å². The molecule has 32 heavy (non-hydrogen) atoms. The van der Waals surface area contributed by atoms with Gasteiger partial charge < -0.3 is 4.40 Å². The van der Waals surface area contributed by atoms with Gasteiger partial charge in [0.05, 0.1) is 16.6 Å². The van der Waals surface area contributed by atoms with Crippen molar-refractivity contribution in [2.45, 2.75) is 54.9 Å². The van der Waals surface area contributed by atoms with Gasteiger partial charge in [0.25, 0.3) is 0 Å². The summed E-state index contributed by atoms with van der Waals surface area (Å²) in [6, 6.07) is 13.6. The van der Waals surface area contributed by atoms with Crippen LogP contribution in [-0.2, 0) is 6.42 Å². The van der Waals surface area contributed by atoms with Crippen molar-refractivity contribution in [3.63, 3.8) is 0 Å².